The van der Waals surface area contributed by atoms with E-state index in [1.54, 1.807) is 7.11 Å². The molecule has 0 saturated carbocycles. The predicted molar refractivity (Wildman–Crippen MR) is 58.8 cm³/mol. The molecule has 0 heterocycles. The third-order valence-electron chi connectivity index (χ3n) is 1.63. The van der Waals surface area contributed by atoms with E-state index >= 15 is 0 Å². The number of benzene rings is 1. The first-order valence-corrected chi connectivity index (χ1v) is 4.63. The van der Waals surface area contributed by atoms with Crippen LogP contribution in [-0.4, -0.2) is 7.11 Å². The Kier molecular flexibility index (Phi) is 4.03. The maximum Gasteiger partial charge on any atom is 0.0760 e. The summed E-state index contributed by atoms with van der Waals surface area (Å²) in [6.45, 7) is 4.14. The fourth-order valence-corrected chi connectivity index (χ4v) is 1.01. The van der Waals surface area contributed by atoms with Gasteiger partial charge < -0.3 is 0 Å². The van der Waals surface area contributed by atoms with E-state index in [-0.39, 0.29) is 0 Å². The van der Waals surface area contributed by atoms with Crippen molar-refractivity contribution in [2.24, 2.45) is 5.92 Å². The summed E-state index contributed by atoms with van der Waals surface area (Å²) in [6, 6.07) is 7.82. The molecule has 1 N–H and O–H groups in total. The topological polar surface area (TPSA) is 21.3 Å². The molecule has 2 heteroatoms. The van der Waals surface area contributed by atoms with E-state index in [9.17, 15) is 0 Å². The maximum absolute atomic E-state index is 4.86. The van der Waals surface area contributed by atoms with Crippen molar-refractivity contribution in [2.45, 2.75) is 13.8 Å². The summed E-state index contributed by atoms with van der Waals surface area (Å²) in [5.41, 5.74) is 4.66. The molecule has 0 aliphatic carbocycles. The molecule has 1 aromatic carbocycles. The SMILES string of the molecule is CONc1ccccc1C#CC(C)C. The fraction of sp³-hybridized carbons (Fsp3) is 0.333. The van der Waals surface area contributed by atoms with Gasteiger partial charge in [-0.25, -0.2) is 0 Å². The molecule has 0 aromatic heterocycles. The van der Waals surface area contributed by atoms with E-state index in [1.807, 2.05) is 24.3 Å². The number of para-hydroxylation sites is 1. The van der Waals surface area contributed by atoms with Gasteiger partial charge in [0.15, 0.2) is 0 Å². The van der Waals surface area contributed by atoms with Gasteiger partial charge in [0.05, 0.1) is 12.8 Å². The van der Waals surface area contributed by atoms with Gasteiger partial charge in [0.25, 0.3) is 0 Å². The second kappa shape index (κ2) is 5.31. The second-order valence-electron chi connectivity index (χ2n) is 3.28. The average molecular weight is 189 g/mol. The quantitative estimate of drug-likeness (QED) is 0.570. The van der Waals surface area contributed by atoms with E-state index in [0.717, 1.165) is 11.3 Å². The van der Waals surface area contributed by atoms with Gasteiger partial charge in [-0.15, -0.1) is 0 Å². The van der Waals surface area contributed by atoms with Gasteiger partial charge in [0.2, 0.25) is 0 Å². The molecule has 1 aromatic rings. The summed E-state index contributed by atoms with van der Waals surface area (Å²) in [5, 5.41) is 0. The second-order valence-corrected chi connectivity index (χ2v) is 3.28. The van der Waals surface area contributed by atoms with Crippen molar-refractivity contribution in [1.82, 2.24) is 0 Å². The predicted octanol–water partition coefficient (Wildman–Crippen LogP) is 2.67. The highest BCUT2D eigenvalue weighted by molar-refractivity contribution is 5.57. The Morgan fingerprint density at radius 2 is 2.00 bits per heavy atom. The lowest BCUT2D eigenvalue weighted by Crippen LogP contribution is -1.97. The molecule has 0 aliphatic heterocycles. The largest absolute Gasteiger partial charge is 0.279 e. The van der Waals surface area contributed by atoms with Crippen LogP contribution in [0.5, 0.6) is 0 Å². The van der Waals surface area contributed by atoms with Crippen LogP contribution in [0, 0.1) is 17.8 Å². The average Bonchev–Trinajstić information content (AvgIpc) is 2.17. The molecule has 0 atom stereocenters. The molecule has 0 unspecified atom stereocenters. The minimum atomic E-state index is 0.380. The summed E-state index contributed by atoms with van der Waals surface area (Å²) in [5.74, 6) is 6.60. The fourth-order valence-electron chi connectivity index (χ4n) is 1.01. The molecule has 1 rings (SSSR count). The van der Waals surface area contributed by atoms with Crippen LogP contribution in [0.1, 0.15) is 19.4 Å². The molecular weight excluding hydrogens is 174 g/mol. The van der Waals surface area contributed by atoms with E-state index in [0.29, 0.717) is 5.92 Å². The number of anilines is 1. The Bertz CT molecular complexity index is 347. The van der Waals surface area contributed by atoms with Gasteiger partial charge in [0.1, 0.15) is 0 Å². The van der Waals surface area contributed by atoms with Crippen molar-refractivity contribution in [2.75, 3.05) is 12.6 Å². The summed E-state index contributed by atoms with van der Waals surface area (Å²) in [6.07, 6.45) is 0. The Hall–Kier alpha value is -1.46. The van der Waals surface area contributed by atoms with Crippen LogP contribution in [0.25, 0.3) is 0 Å². The van der Waals surface area contributed by atoms with Crippen LogP contribution in [-0.2, 0) is 4.84 Å². The molecule has 0 radical (unpaired) electrons. The first-order chi connectivity index (χ1) is 6.74. The van der Waals surface area contributed by atoms with Gasteiger partial charge in [-0.1, -0.05) is 37.8 Å². The lowest BCUT2D eigenvalue weighted by atomic mass is 10.1. The summed E-state index contributed by atoms with van der Waals surface area (Å²) in [7, 11) is 1.59. The van der Waals surface area contributed by atoms with Crippen LogP contribution in [0.15, 0.2) is 24.3 Å². The van der Waals surface area contributed by atoms with Gasteiger partial charge in [0, 0.05) is 11.5 Å². The van der Waals surface area contributed by atoms with Crippen molar-refractivity contribution in [1.29, 1.82) is 0 Å². The molecule has 0 bridgehead atoms. The molecule has 0 amide bonds. The van der Waals surface area contributed by atoms with E-state index in [4.69, 9.17) is 4.84 Å². The van der Waals surface area contributed by atoms with Crippen molar-refractivity contribution in [3.63, 3.8) is 0 Å². The molecule has 14 heavy (non-hydrogen) atoms. The summed E-state index contributed by atoms with van der Waals surface area (Å²) >= 11 is 0. The third-order valence-corrected chi connectivity index (χ3v) is 1.63. The highest BCUT2D eigenvalue weighted by atomic mass is 16.6. The Labute approximate surface area is 85.2 Å². The van der Waals surface area contributed by atoms with Crippen molar-refractivity contribution >= 4 is 5.69 Å². The number of hydrogen-bond donors (Lipinski definition) is 1. The molecular formula is C12H15NO. The van der Waals surface area contributed by atoms with Crippen LogP contribution in [0.2, 0.25) is 0 Å². The number of nitrogens with one attached hydrogen (secondary N) is 1. The van der Waals surface area contributed by atoms with E-state index in [1.165, 1.54) is 0 Å². The normalized spacial score (nSPS) is 9.43. The molecule has 0 aliphatic rings. The zero-order valence-corrected chi connectivity index (χ0v) is 8.79. The number of hydrogen-bond acceptors (Lipinski definition) is 2. The Balaban J connectivity index is 2.91. The van der Waals surface area contributed by atoms with Gasteiger partial charge in [-0.05, 0) is 12.1 Å². The highest BCUT2D eigenvalue weighted by Crippen LogP contribution is 2.13. The first-order valence-electron chi connectivity index (χ1n) is 4.63. The molecule has 0 fully saturated rings. The van der Waals surface area contributed by atoms with Crippen molar-refractivity contribution < 1.29 is 4.84 Å². The Morgan fingerprint density at radius 1 is 1.29 bits per heavy atom. The standard InChI is InChI=1S/C12H15NO/c1-10(2)8-9-11-6-4-5-7-12(11)13-14-3/h4-7,10,13H,1-3H3. The summed E-state index contributed by atoms with van der Waals surface area (Å²) in [4.78, 5) is 4.86. The minimum Gasteiger partial charge on any atom is -0.279 e. The van der Waals surface area contributed by atoms with Crippen LogP contribution in [0.3, 0.4) is 0 Å². The lowest BCUT2D eigenvalue weighted by Gasteiger charge is -2.04. The van der Waals surface area contributed by atoms with E-state index < -0.39 is 0 Å². The van der Waals surface area contributed by atoms with Crippen molar-refractivity contribution in [3.05, 3.63) is 29.8 Å². The Morgan fingerprint density at radius 3 is 2.64 bits per heavy atom. The van der Waals surface area contributed by atoms with Crippen LogP contribution in [0.4, 0.5) is 5.69 Å². The van der Waals surface area contributed by atoms with Gasteiger partial charge >= 0.3 is 0 Å². The molecule has 0 saturated heterocycles. The van der Waals surface area contributed by atoms with Crippen LogP contribution >= 0.6 is 0 Å². The van der Waals surface area contributed by atoms with Crippen molar-refractivity contribution in [3.8, 4) is 11.8 Å². The molecule has 74 valence electrons. The summed E-state index contributed by atoms with van der Waals surface area (Å²) < 4.78 is 0. The van der Waals surface area contributed by atoms with Crippen LogP contribution < -0.4 is 5.48 Å². The third kappa shape index (κ3) is 3.12. The maximum atomic E-state index is 4.86. The zero-order valence-electron chi connectivity index (χ0n) is 8.79. The lowest BCUT2D eigenvalue weighted by molar-refractivity contribution is 0.271. The van der Waals surface area contributed by atoms with Gasteiger partial charge in [-0.3, -0.25) is 10.3 Å². The smallest absolute Gasteiger partial charge is 0.0760 e. The van der Waals surface area contributed by atoms with E-state index in [2.05, 4.69) is 31.2 Å². The molecule has 0 spiro atoms. The molecule has 2 nitrogen and oxygen atoms in total. The zero-order chi connectivity index (χ0) is 10.4. The first kappa shape index (κ1) is 10.6. The number of rotatable bonds is 2. The highest BCUT2D eigenvalue weighted by Gasteiger charge is 1.96. The van der Waals surface area contributed by atoms with Gasteiger partial charge in [-0.2, -0.15) is 0 Å². The minimum absolute atomic E-state index is 0.380. The monoisotopic (exact) mass is 189 g/mol.